The maximum Gasteiger partial charge on any atom is 0.136 e. The summed E-state index contributed by atoms with van der Waals surface area (Å²) in [6.07, 6.45) is -0.0846. The van der Waals surface area contributed by atoms with Crippen LogP contribution in [0.4, 0.5) is 8.78 Å². The van der Waals surface area contributed by atoms with E-state index in [1.165, 1.54) is 18.2 Å². The van der Waals surface area contributed by atoms with Crippen molar-refractivity contribution in [2.45, 2.75) is 37.5 Å². The summed E-state index contributed by atoms with van der Waals surface area (Å²) in [5.41, 5.74) is -1.48. The average molecular weight is 384 g/mol. The highest BCUT2D eigenvalue weighted by Gasteiger charge is 2.42. The Labute approximate surface area is 135 Å². The van der Waals surface area contributed by atoms with Crippen LogP contribution < -0.4 is 4.72 Å². The second kappa shape index (κ2) is 7.37. The number of hydrogen-bond donors (Lipinski definition) is 2. The van der Waals surface area contributed by atoms with Gasteiger partial charge in [0.05, 0.1) is 0 Å². The van der Waals surface area contributed by atoms with E-state index in [1.54, 1.807) is 20.8 Å². The van der Waals surface area contributed by atoms with Crippen LogP contribution >= 0.6 is 15.9 Å². The predicted molar refractivity (Wildman–Crippen MR) is 84.5 cm³/mol. The molecule has 0 saturated heterocycles. The minimum Gasteiger partial charge on any atom is -0.598 e. The van der Waals surface area contributed by atoms with Crippen molar-refractivity contribution in [2.24, 2.45) is 0 Å². The number of aliphatic hydroxyl groups is 1. The second-order valence-electron chi connectivity index (χ2n) is 5.80. The zero-order valence-corrected chi connectivity index (χ0v) is 14.7. The molecule has 1 aromatic rings. The number of aliphatic hydroxyl groups excluding tert-OH is 1. The van der Waals surface area contributed by atoms with Gasteiger partial charge in [0.15, 0.2) is 0 Å². The van der Waals surface area contributed by atoms with Crippen molar-refractivity contribution in [3.05, 3.63) is 34.1 Å². The van der Waals surface area contributed by atoms with Crippen molar-refractivity contribution < 1.29 is 18.4 Å². The van der Waals surface area contributed by atoms with Crippen molar-refractivity contribution >= 4 is 27.3 Å². The topological polar surface area (TPSA) is 55.3 Å². The van der Waals surface area contributed by atoms with E-state index in [9.17, 15) is 18.4 Å². The lowest BCUT2D eigenvalue weighted by Gasteiger charge is -2.36. The molecule has 0 aliphatic carbocycles. The molecule has 0 bridgehead atoms. The first-order valence-electron chi connectivity index (χ1n) is 6.48. The van der Waals surface area contributed by atoms with E-state index in [2.05, 4.69) is 20.7 Å². The van der Waals surface area contributed by atoms with Gasteiger partial charge in [-0.2, -0.15) is 0 Å². The first kappa shape index (κ1) is 18.8. The quantitative estimate of drug-likeness (QED) is 0.741. The van der Waals surface area contributed by atoms with Gasteiger partial charge in [0, 0.05) is 28.0 Å². The van der Waals surface area contributed by atoms with Gasteiger partial charge in [-0.25, -0.2) is 8.78 Å². The Hall–Kier alpha value is -0.210. The van der Waals surface area contributed by atoms with Crippen molar-refractivity contribution in [3.8, 4) is 0 Å². The molecule has 0 aliphatic rings. The monoisotopic (exact) mass is 383 g/mol. The number of benzene rings is 1. The zero-order chi connectivity index (χ0) is 16.3. The van der Waals surface area contributed by atoms with Crippen LogP contribution in [0.15, 0.2) is 22.7 Å². The standard InChI is InChI=1S/C14H20BrF2NO2S/c1-13(2,3)21(20)18-14(9-16,6-7-19)11-8-10(15)4-5-12(11)17/h4-5,8,18-19H,6-7,9H2,1-3H3/t14?,21-/m1/s1. The summed E-state index contributed by atoms with van der Waals surface area (Å²) in [4.78, 5) is 0. The maximum atomic E-state index is 14.1. The fraction of sp³-hybridized carbons (Fsp3) is 0.571. The van der Waals surface area contributed by atoms with Crippen LogP contribution in [-0.2, 0) is 16.9 Å². The third-order valence-electron chi connectivity index (χ3n) is 3.05. The smallest absolute Gasteiger partial charge is 0.136 e. The summed E-state index contributed by atoms with van der Waals surface area (Å²) in [6.45, 7) is 3.85. The number of rotatable bonds is 6. The predicted octanol–water partition coefficient (Wildman–Crippen LogP) is 3.19. The zero-order valence-electron chi connectivity index (χ0n) is 12.3. The molecule has 0 aliphatic heterocycles. The Morgan fingerprint density at radius 1 is 1.38 bits per heavy atom. The Balaban J connectivity index is 3.29. The van der Waals surface area contributed by atoms with Gasteiger partial charge in [-0.1, -0.05) is 15.9 Å². The molecular formula is C14H20BrF2NO2S. The normalized spacial score (nSPS) is 16.6. The van der Waals surface area contributed by atoms with Crippen LogP contribution in [0.1, 0.15) is 32.8 Å². The van der Waals surface area contributed by atoms with Gasteiger partial charge < -0.3 is 9.66 Å². The summed E-state index contributed by atoms with van der Waals surface area (Å²) in [5, 5.41) is 9.23. The summed E-state index contributed by atoms with van der Waals surface area (Å²) >= 11 is 1.61. The Morgan fingerprint density at radius 3 is 2.48 bits per heavy atom. The van der Waals surface area contributed by atoms with Crippen LogP contribution in [-0.4, -0.2) is 27.7 Å². The Bertz CT molecular complexity index is 485. The minimum atomic E-state index is -1.61. The van der Waals surface area contributed by atoms with E-state index in [0.29, 0.717) is 4.47 Å². The largest absolute Gasteiger partial charge is 0.598 e. The van der Waals surface area contributed by atoms with Gasteiger partial charge in [0.25, 0.3) is 0 Å². The van der Waals surface area contributed by atoms with Gasteiger partial charge in [-0.15, -0.1) is 4.72 Å². The molecule has 1 unspecified atom stereocenters. The number of halogens is 3. The highest BCUT2D eigenvalue weighted by Crippen LogP contribution is 2.33. The Morgan fingerprint density at radius 2 is 2.00 bits per heavy atom. The van der Waals surface area contributed by atoms with E-state index >= 15 is 0 Å². The highest BCUT2D eigenvalue weighted by atomic mass is 79.9. The van der Waals surface area contributed by atoms with Gasteiger partial charge >= 0.3 is 0 Å². The lowest BCUT2D eigenvalue weighted by molar-refractivity contribution is 0.191. The molecule has 0 fully saturated rings. The van der Waals surface area contributed by atoms with E-state index in [1.807, 2.05) is 0 Å². The summed E-state index contributed by atoms with van der Waals surface area (Å²) in [6, 6.07) is 4.15. The molecule has 2 atom stereocenters. The summed E-state index contributed by atoms with van der Waals surface area (Å²) in [5.74, 6) is -0.609. The molecule has 21 heavy (non-hydrogen) atoms. The third-order valence-corrected chi connectivity index (χ3v) is 5.24. The third kappa shape index (κ3) is 4.63. The van der Waals surface area contributed by atoms with E-state index < -0.39 is 34.1 Å². The first-order valence-corrected chi connectivity index (χ1v) is 8.42. The molecule has 0 radical (unpaired) electrons. The van der Waals surface area contributed by atoms with E-state index in [-0.39, 0.29) is 18.6 Å². The molecule has 7 heteroatoms. The summed E-state index contributed by atoms with van der Waals surface area (Å²) < 4.78 is 42.8. The van der Waals surface area contributed by atoms with Crippen LogP contribution in [0.25, 0.3) is 0 Å². The molecule has 0 heterocycles. The van der Waals surface area contributed by atoms with Crippen molar-refractivity contribution in [2.75, 3.05) is 13.3 Å². The second-order valence-corrected chi connectivity index (χ2v) is 8.68. The average Bonchev–Trinajstić information content (AvgIpc) is 2.39. The maximum absolute atomic E-state index is 14.1. The molecule has 1 rings (SSSR count). The molecule has 3 nitrogen and oxygen atoms in total. The minimum absolute atomic E-state index is 0.0472. The molecule has 0 saturated carbocycles. The summed E-state index contributed by atoms with van der Waals surface area (Å²) in [7, 11) is 0. The number of alkyl halides is 1. The van der Waals surface area contributed by atoms with Gasteiger partial charge in [0.2, 0.25) is 0 Å². The lowest BCUT2D eigenvalue weighted by Crippen LogP contribution is -2.53. The van der Waals surface area contributed by atoms with Gasteiger partial charge in [0.1, 0.15) is 22.8 Å². The van der Waals surface area contributed by atoms with Crippen LogP contribution in [0, 0.1) is 5.82 Å². The molecule has 0 aromatic heterocycles. The van der Waals surface area contributed by atoms with Crippen molar-refractivity contribution in [1.29, 1.82) is 0 Å². The van der Waals surface area contributed by atoms with E-state index in [4.69, 9.17) is 0 Å². The van der Waals surface area contributed by atoms with Crippen molar-refractivity contribution in [3.63, 3.8) is 0 Å². The van der Waals surface area contributed by atoms with Crippen LogP contribution in [0.2, 0.25) is 0 Å². The Kier molecular flexibility index (Phi) is 6.61. The molecular weight excluding hydrogens is 364 g/mol. The lowest BCUT2D eigenvalue weighted by atomic mass is 9.89. The van der Waals surface area contributed by atoms with Crippen LogP contribution in [0.3, 0.4) is 0 Å². The molecule has 1 aromatic carbocycles. The number of hydrogen-bond acceptors (Lipinski definition) is 3. The fourth-order valence-corrected chi connectivity index (χ4v) is 3.08. The first-order chi connectivity index (χ1) is 9.66. The molecule has 120 valence electrons. The SMILES string of the molecule is CC(C)(C)[S@@+]([O-])NC(CF)(CCO)c1cc(Br)ccc1F. The molecule has 0 amide bonds. The van der Waals surface area contributed by atoms with Gasteiger partial charge in [-0.3, -0.25) is 0 Å². The van der Waals surface area contributed by atoms with Crippen molar-refractivity contribution in [1.82, 2.24) is 4.72 Å². The number of nitrogens with one attached hydrogen (secondary N) is 1. The molecule has 2 N–H and O–H groups in total. The van der Waals surface area contributed by atoms with E-state index in [0.717, 1.165) is 0 Å². The van der Waals surface area contributed by atoms with Gasteiger partial charge in [-0.05, 0) is 45.4 Å². The van der Waals surface area contributed by atoms with Crippen LogP contribution in [0.5, 0.6) is 0 Å². The highest BCUT2D eigenvalue weighted by molar-refractivity contribution is 9.10. The molecule has 0 spiro atoms. The fourth-order valence-electron chi connectivity index (χ4n) is 1.79.